The summed E-state index contributed by atoms with van der Waals surface area (Å²) >= 11 is 14.0. The van der Waals surface area contributed by atoms with Crippen molar-refractivity contribution in [2.75, 3.05) is 17.2 Å². The molecule has 5 rings (SSSR count). The van der Waals surface area contributed by atoms with Crippen LogP contribution in [-0.2, 0) is 16.2 Å². The van der Waals surface area contributed by atoms with Gasteiger partial charge >= 0.3 is 0 Å². The summed E-state index contributed by atoms with van der Waals surface area (Å²) in [5.74, 6) is -0.860. The van der Waals surface area contributed by atoms with Gasteiger partial charge in [0.25, 0.3) is 11.8 Å². The van der Waals surface area contributed by atoms with E-state index in [0.29, 0.717) is 33.6 Å². The van der Waals surface area contributed by atoms with Crippen molar-refractivity contribution in [1.29, 1.82) is 0 Å². The van der Waals surface area contributed by atoms with Crippen LogP contribution in [0.15, 0.2) is 66.7 Å². The maximum atomic E-state index is 14.4. The largest absolute Gasteiger partial charge is 0.311 e. The van der Waals surface area contributed by atoms with E-state index in [2.05, 4.69) is 0 Å². The molecular formula is C24H17Cl2FN2O2S. The summed E-state index contributed by atoms with van der Waals surface area (Å²) in [6.07, 6.45) is 0. The minimum atomic E-state index is -1.30. The summed E-state index contributed by atoms with van der Waals surface area (Å²) < 4.78 is 14.4. The van der Waals surface area contributed by atoms with Crippen LogP contribution >= 0.6 is 35.0 Å². The normalized spacial score (nSPS) is 19.7. The van der Waals surface area contributed by atoms with Crippen molar-refractivity contribution in [2.24, 2.45) is 0 Å². The minimum absolute atomic E-state index is 0.0599. The lowest BCUT2D eigenvalue weighted by molar-refractivity contribution is -0.123. The van der Waals surface area contributed by atoms with Gasteiger partial charge in [0, 0.05) is 27.9 Å². The van der Waals surface area contributed by atoms with Gasteiger partial charge in [0.15, 0.2) is 4.87 Å². The maximum Gasteiger partial charge on any atom is 0.268 e. The highest BCUT2D eigenvalue weighted by molar-refractivity contribution is 8.01. The standard InChI is InChI=1S/C24H17Cl2FN2O2S/c25-16-9-10-21-18(13-16)24(23(31)28(21)14-15-5-1-3-7-19(15)26)29(11-12-32-24)22(30)17-6-2-4-8-20(17)27/h1-10,13H,11-12,14H2. The number of amides is 2. The van der Waals surface area contributed by atoms with Crippen molar-refractivity contribution in [3.63, 3.8) is 0 Å². The number of carbonyl (C=O) groups excluding carboxylic acids is 2. The first kappa shape index (κ1) is 21.3. The van der Waals surface area contributed by atoms with E-state index in [1.807, 2.05) is 18.2 Å². The van der Waals surface area contributed by atoms with Crippen LogP contribution in [0.5, 0.6) is 0 Å². The second-order valence-electron chi connectivity index (χ2n) is 7.57. The molecule has 0 N–H and O–H groups in total. The van der Waals surface area contributed by atoms with Crippen LogP contribution in [0, 0.1) is 5.82 Å². The van der Waals surface area contributed by atoms with Gasteiger partial charge < -0.3 is 9.80 Å². The molecule has 1 atom stereocenters. The van der Waals surface area contributed by atoms with Crippen LogP contribution in [0.3, 0.4) is 0 Å². The number of thioether (sulfide) groups is 1. The van der Waals surface area contributed by atoms with Crippen molar-refractivity contribution in [3.05, 3.63) is 99.3 Å². The predicted octanol–water partition coefficient (Wildman–Crippen LogP) is 5.72. The van der Waals surface area contributed by atoms with Gasteiger partial charge in [0.05, 0.1) is 17.8 Å². The van der Waals surface area contributed by atoms with Crippen molar-refractivity contribution >= 4 is 52.5 Å². The molecule has 4 nitrogen and oxygen atoms in total. The summed E-state index contributed by atoms with van der Waals surface area (Å²) in [6.45, 7) is 0.562. The lowest BCUT2D eigenvalue weighted by Crippen LogP contribution is -2.50. The molecule has 8 heteroatoms. The maximum absolute atomic E-state index is 14.4. The number of benzene rings is 3. The van der Waals surface area contributed by atoms with Gasteiger partial charge in [-0.25, -0.2) is 4.39 Å². The van der Waals surface area contributed by atoms with Crippen LogP contribution < -0.4 is 4.90 Å². The number of fused-ring (bicyclic) bond motifs is 2. The molecule has 0 aromatic heterocycles. The highest BCUT2D eigenvalue weighted by atomic mass is 35.5. The highest BCUT2D eigenvalue weighted by Crippen LogP contribution is 2.55. The average molecular weight is 487 g/mol. The van der Waals surface area contributed by atoms with Crippen LogP contribution in [-0.4, -0.2) is 29.0 Å². The quantitative estimate of drug-likeness (QED) is 0.475. The molecule has 2 aliphatic heterocycles. The molecule has 1 spiro atoms. The molecular weight excluding hydrogens is 470 g/mol. The Morgan fingerprint density at radius 3 is 2.59 bits per heavy atom. The molecule has 1 fully saturated rings. The fraction of sp³-hybridized carbons (Fsp3) is 0.167. The number of hydrogen-bond donors (Lipinski definition) is 0. The Kier molecular flexibility index (Phi) is 5.40. The number of halogens is 3. The molecule has 32 heavy (non-hydrogen) atoms. The fourth-order valence-corrected chi connectivity index (χ4v) is 6.14. The molecule has 0 radical (unpaired) electrons. The van der Waals surface area contributed by atoms with Crippen LogP contribution in [0.2, 0.25) is 10.0 Å². The van der Waals surface area contributed by atoms with Crippen LogP contribution in [0.25, 0.3) is 0 Å². The molecule has 162 valence electrons. The Morgan fingerprint density at radius 2 is 1.81 bits per heavy atom. The van der Waals surface area contributed by atoms with Crippen molar-refractivity contribution in [2.45, 2.75) is 11.4 Å². The highest BCUT2D eigenvalue weighted by Gasteiger charge is 2.59. The number of carbonyl (C=O) groups is 2. The van der Waals surface area contributed by atoms with Gasteiger partial charge in [0.2, 0.25) is 0 Å². The molecule has 2 aliphatic rings. The molecule has 1 saturated heterocycles. The van der Waals surface area contributed by atoms with E-state index in [1.165, 1.54) is 34.9 Å². The van der Waals surface area contributed by atoms with Gasteiger partial charge in [-0.15, -0.1) is 11.8 Å². The van der Waals surface area contributed by atoms with Crippen molar-refractivity contribution in [3.8, 4) is 0 Å². The first-order chi connectivity index (χ1) is 15.4. The molecule has 2 heterocycles. The molecule has 2 amide bonds. The molecule has 1 unspecified atom stereocenters. The van der Waals surface area contributed by atoms with Crippen molar-refractivity contribution in [1.82, 2.24) is 4.90 Å². The van der Waals surface area contributed by atoms with Gasteiger partial charge in [-0.2, -0.15) is 0 Å². The summed E-state index contributed by atoms with van der Waals surface area (Å²) in [4.78, 5) is 29.2. The Hall–Kier alpha value is -2.54. The third-order valence-electron chi connectivity index (χ3n) is 5.79. The van der Waals surface area contributed by atoms with Gasteiger partial charge in [-0.1, -0.05) is 53.5 Å². The second kappa shape index (κ2) is 8.10. The van der Waals surface area contributed by atoms with Crippen LogP contribution in [0.4, 0.5) is 10.1 Å². The monoisotopic (exact) mass is 486 g/mol. The Labute approximate surface area is 198 Å². The van der Waals surface area contributed by atoms with E-state index in [1.54, 1.807) is 35.2 Å². The van der Waals surface area contributed by atoms with Crippen LogP contribution in [0.1, 0.15) is 21.5 Å². The topological polar surface area (TPSA) is 40.6 Å². The Bertz CT molecular complexity index is 1250. The number of rotatable bonds is 3. The third kappa shape index (κ3) is 3.20. The fourth-order valence-electron chi connectivity index (χ4n) is 4.32. The predicted molar refractivity (Wildman–Crippen MR) is 126 cm³/mol. The van der Waals surface area contributed by atoms with E-state index in [0.717, 1.165) is 5.56 Å². The SMILES string of the molecule is O=C(c1ccccc1F)N1CCSC12C(=O)N(Cc1ccccc1Cl)c1ccc(Cl)cc12. The number of nitrogens with zero attached hydrogens (tertiary/aromatic N) is 2. The minimum Gasteiger partial charge on any atom is -0.311 e. The summed E-state index contributed by atoms with van der Waals surface area (Å²) in [7, 11) is 0. The summed E-state index contributed by atoms with van der Waals surface area (Å²) in [6, 6.07) is 18.4. The zero-order valence-corrected chi connectivity index (χ0v) is 19.1. The van der Waals surface area contributed by atoms with Crippen molar-refractivity contribution < 1.29 is 14.0 Å². The van der Waals surface area contributed by atoms with E-state index >= 15 is 0 Å². The molecule has 3 aromatic rings. The number of hydrogen-bond acceptors (Lipinski definition) is 3. The number of anilines is 1. The molecule has 3 aromatic carbocycles. The molecule has 0 saturated carbocycles. The van der Waals surface area contributed by atoms with E-state index in [-0.39, 0.29) is 18.0 Å². The lowest BCUT2D eigenvalue weighted by Gasteiger charge is -2.33. The molecule has 0 aliphatic carbocycles. The first-order valence-corrected chi connectivity index (χ1v) is 11.7. The summed E-state index contributed by atoms with van der Waals surface area (Å²) in [5, 5.41) is 1.01. The van der Waals surface area contributed by atoms with E-state index in [9.17, 15) is 14.0 Å². The second-order valence-corrected chi connectivity index (χ2v) is 9.70. The molecule has 0 bridgehead atoms. The van der Waals surface area contributed by atoms with Gasteiger partial charge in [0.1, 0.15) is 5.82 Å². The zero-order chi connectivity index (χ0) is 22.5. The Balaban J connectivity index is 1.63. The zero-order valence-electron chi connectivity index (χ0n) is 16.7. The Morgan fingerprint density at radius 1 is 1.06 bits per heavy atom. The van der Waals surface area contributed by atoms with Gasteiger partial charge in [-0.05, 0) is 42.0 Å². The van der Waals surface area contributed by atoms with Gasteiger partial charge in [-0.3, -0.25) is 9.59 Å². The van der Waals surface area contributed by atoms with E-state index < -0.39 is 16.6 Å². The van der Waals surface area contributed by atoms with E-state index in [4.69, 9.17) is 23.2 Å². The average Bonchev–Trinajstić information content (AvgIpc) is 3.32. The lowest BCUT2D eigenvalue weighted by atomic mass is 10.0. The summed E-state index contributed by atoms with van der Waals surface area (Å²) in [5.41, 5.74) is 2.03. The third-order valence-corrected chi connectivity index (χ3v) is 7.81. The smallest absolute Gasteiger partial charge is 0.268 e. The first-order valence-electron chi connectivity index (χ1n) is 9.99.